The summed E-state index contributed by atoms with van der Waals surface area (Å²) in [5.74, 6) is 0.196. The third-order valence-corrected chi connectivity index (χ3v) is 1.64. The van der Waals surface area contributed by atoms with E-state index >= 15 is 0 Å². The number of rotatable bonds is 7. The zero-order chi connectivity index (χ0) is 12.1. The smallest absolute Gasteiger partial charge is 0.290 e. The molecule has 0 heterocycles. The number of carbonyl (C=O) groups excluding carboxylic acids is 1. The van der Waals surface area contributed by atoms with Gasteiger partial charge in [0.25, 0.3) is 6.47 Å². The third-order valence-electron chi connectivity index (χ3n) is 1.64. The van der Waals surface area contributed by atoms with Gasteiger partial charge in [-0.25, -0.2) is 0 Å². The van der Waals surface area contributed by atoms with E-state index in [0.717, 1.165) is 25.8 Å². The average molecular weight is 218 g/mol. The second kappa shape index (κ2) is 13.1. The van der Waals surface area contributed by atoms with Crippen molar-refractivity contribution in [3.05, 3.63) is 0 Å². The van der Waals surface area contributed by atoms with E-state index in [0.29, 0.717) is 12.6 Å². The number of nitrogens with two attached hydrogens (primary N) is 1. The lowest BCUT2D eigenvalue weighted by Crippen LogP contribution is -2.22. The lowest BCUT2D eigenvalue weighted by molar-refractivity contribution is -0.123. The van der Waals surface area contributed by atoms with Crippen molar-refractivity contribution in [3.63, 3.8) is 0 Å². The molecule has 1 unspecified atom stereocenters. The standard InChI is InChI=1S/C9H20N2O.CH2O2/c1-8(10)5-3-4-6-11-7-9(2)12;2-1-3/h8,11H,3-7,10H2,1-2H3;1H,(H,2,3). The topological polar surface area (TPSA) is 92.4 Å². The second-order valence-electron chi connectivity index (χ2n) is 3.46. The quantitative estimate of drug-likeness (QED) is 0.424. The molecule has 0 aliphatic heterocycles. The number of carboxylic acid groups (broad SMARTS) is 1. The highest BCUT2D eigenvalue weighted by atomic mass is 16.3. The maximum absolute atomic E-state index is 10.5. The molecule has 5 heteroatoms. The van der Waals surface area contributed by atoms with Gasteiger partial charge in [-0.3, -0.25) is 9.59 Å². The normalized spacial score (nSPS) is 11.1. The van der Waals surface area contributed by atoms with E-state index in [4.69, 9.17) is 15.6 Å². The van der Waals surface area contributed by atoms with Crippen LogP contribution in [0.3, 0.4) is 0 Å². The molecule has 0 aromatic carbocycles. The predicted octanol–water partition coefficient (Wildman–Crippen LogP) is 0.383. The van der Waals surface area contributed by atoms with Gasteiger partial charge >= 0.3 is 0 Å². The summed E-state index contributed by atoms with van der Waals surface area (Å²) >= 11 is 0. The van der Waals surface area contributed by atoms with Gasteiger partial charge in [0.2, 0.25) is 0 Å². The molecule has 0 radical (unpaired) electrons. The minimum atomic E-state index is -0.250. The number of nitrogens with one attached hydrogen (secondary N) is 1. The minimum Gasteiger partial charge on any atom is -0.483 e. The van der Waals surface area contributed by atoms with Crippen LogP contribution in [0.5, 0.6) is 0 Å². The lowest BCUT2D eigenvalue weighted by atomic mass is 10.1. The highest BCUT2D eigenvalue weighted by Gasteiger charge is 1.94. The molecular weight excluding hydrogens is 196 g/mol. The molecule has 4 N–H and O–H groups in total. The van der Waals surface area contributed by atoms with Crippen molar-refractivity contribution in [1.82, 2.24) is 5.32 Å². The van der Waals surface area contributed by atoms with Gasteiger partial charge < -0.3 is 16.2 Å². The van der Waals surface area contributed by atoms with Gasteiger partial charge in [0.05, 0.1) is 6.54 Å². The fourth-order valence-electron chi connectivity index (χ4n) is 0.981. The van der Waals surface area contributed by atoms with Gasteiger partial charge in [-0.05, 0) is 33.2 Å². The Balaban J connectivity index is 0. The van der Waals surface area contributed by atoms with Crippen molar-refractivity contribution < 1.29 is 14.7 Å². The highest BCUT2D eigenvalue weighted by molar-refractivity contribution is 5.77. The molecule has 90 valence electrons. The van der Waals surface area contributed by atoms with Crippen molar-refractivity contribution in [2.45, 2.75) is 39.2 Å². The molecule has 0 bridgehead atoms. The maximum atomic E-state index is 10.5. The molecule has 0 rings (SSSR count). The summed E-state index contributed by atoms with van der Waals surface area (Å²) in [4.78, 5) is 18.9. The molecule has 0 amide bonds. The molecule has 0 saturated carbocycles. The van der Waals surface area contributed by atoms with Crippen LogP contribution in [0.25, 0.3) is 0 Å². The van der Waals surface area contributed by atoms with E-state index in [1.54, 1.807) is 6.92 Å². The van der Waals surface area contributed by atoms with Crippen LogP contribution in [0.4, 0.5) is 0 Å². The van der Waals surface area contributed by atoms with Crippen molar-refractivity contribution in [3.8, 4) is 0 Å². The van der Waals surface area contributed by atoms with Gasteiger partial charge in [-0.2, -0.15) is 0 Å². The van der Waals surface area contributed by atoms with Crippen molar-refractivity contribution >= 4 is 12.3 Å². The van der Waals surface area contributed by atoms with Crippen LogP contribution in [0.2, 0.25) is 0 Å². The number of carbonyl (C=O) groups is 2. The Kier molecular flexibility index (Phi) is 14.4. The van der Waals surface area contributed by atoms with E-state index < -0.39 is 0 Å². The monoisotopic (exact) mass is 218 g/mol. The summed E-state index contributed by atoms with van der Waals surface area (Å²) in [5, 5.41) is 9.96. The average Bonchev–Trinajstić information content (AvgIpc) is 2.11. The van der Waals surface area contributed by atoms with Crippen LogP contribution in [0.15, 0.2) is 0 Å². The fourth-order valence-corrected chi connectivity index (χ4v) is 0.981. The molecular formula is C10H22N2O3. The summed E-state index contributed by atoms with van der Waals surface area (Å²) in [6.07, 6.45) is 3.32. The first kappa shape index (κ1) is 16.5. The lowest BCUT2D eigenvalue weighted by Gasteiger charge is -2.04. The number of Topliss-reactive ketones (excluding diaryl/α,β-unsaturated/α-hetero) is 1. The van der Waals surface area contributed by atoms with E-state index in [-0.39, 0.29) is 12.3 Å². The molecule has 0 saturated heterocycles. The molecule has 0 aliphatic rings. The highest BCUT2D eigenvalue weighted by Crippen LogP contribution is 1.96. The SMILES string of the molecule is CC(=O)CNCCCCC(C)N.O=CO. The number of hydrogen-bond donors (Lipinski definition) is 3. The van der Waals surface area contributed by atoms with Gasteiger partial charge in [-0.15, -0.1) is 0 Å². The Morgan fingerprint density at radius 3 is 2.47 bits per heavy atom. The Labute approximate surface area is 91.0 Å². The molecule has 0 spiro atoms. The fraction of sp³-hybridized carbons (Fsp3) is 0.800. The zero-order valence-corrected chi connectivity index (χ0v) is 9.53. The van der Waals surface area contributed by atoms with Crippen LogP contribution in [-0.2, 0) is 9.59 Å². The van der Waals surface area contributed by atoms with Gasteiger partial charge in [0, 0.05) is 6.04 Å². The first-order valence-corrected chi connectivity index (χ1v) is 5.08. The van der Waals surface area contributed by atoms with E-state index in [1.165, 1.54) is 0 Å². The maximum Gasteiger partial charge on any atom is 0.290 e. The van der Waals surface area contributed by atoms with Crippen LogP contribution < -0.4 is 11.1 Å². The Bertz CT molecular complexity index is 161. The van der Waals surface area contributed by atoms with Crippen molar-refractivity contribution in [1.29, 1.82) is 0 Å². The molecule has 5 nitrogen and oxygen atoms in total. The molecule has 0 fully saturated rings. The van der Waals surface area contributed by atoms with E-state index in [2.05, 4.69) is 5.32 Å². The minimum absolute atomic E-state index is 0.196. The summed E-state index contributed by atoms with van der Waals surface area (Å²) in [7, 11) is 0. The summed E-state index contributed by atoms with van der Waals surface area (Å²) in [5.41, 5.74) is 5.58. The molecule has 15 heavy (non-hydrogen) atoms. The molecule has 0 aromatic rings. The number of hydrogen-bond acceptors (Lipinski definition) is 4. The zero-order valence-electron chi connectivity index (χ0n) is 9.53. The first-order chi connectivity index (χ1) is 7.04. The Morgan fingerprint density at radius 2 is 2.07 bits per heavy atom. The summed E-state index contributed by atoms with van der Waals surface area (Å²) in [6, 6.07) is 0.304. The van der Waals surface area contributed by atoms with Crippen LogP contribution in [0, 0.1) is 0 Å². The third kappa shape index (κ3) is 24.6. The van der Waals surface area contributed by atoms with Crippen LogP contribution in [-0.4, -0.2) is 36.5 Å². The van der Waals surface area contributed by atoms with E-state index in [9.17, 15) is 4.79 Å². The molecule has 1 atom stereocenters. The second-order valence-corrected chi connectivity index (χ2v) is 3.46. The predicted molar refractivity (Wildman–Crippen MR) is 59.7 cm³/mol. The Morgan fingerprint density at radius 1 is 1.53 bits per heavy atom. The van der Waals surface area contributed by atoms with Crippen molar-refractivity contribution in [2.24, 2.45) is 5.73 Å². The number of ketones is 1. The van der Waals surface area contributed by atoms with Crippen LogP contribution >= 0.6 is 0 Å². The Hall–Kier alpha value is -0.940. The number of unbranched alkanes of at least 4 members (excludes halogenated alkanes) is 1. The van der Waals surface area contributed by atoms with Crippen molar-refractivity contribution in [2.75, 3.05) is 13.1 Å². The first-order valence-electron chi connectivity index (χ1n) is 5.08. The van der Waals surface area contributed by atoms with Crippen LogP contribution in [0.1, 0.15) is 33.1 Å². The molecule has 0 aliphatic carbocycles. The van der Waals surface area contributed by atoms with Gasteiger partial charge in [0.15, 0.2) is 0 Å². The summed E-state index contributed by atoms with van der Waals surface area (Å²) in [6.45, 7) is 4.78. The van der Waals surface area contributed by atoms with Gasteiger partial charge in [-0.1, -0.05) is 6.42 Å². The molecule has 0 aromatic heterocycles. The summed E-state index contributed by atoms with van der Waals surface area (Å²) < 4.78 is 0. The van der Waals surface area contributed by atoms with Gasteiger partial charge in [0.1, 0.15) is 5.78 Å². The largest absolute Gasteiger partial charge is 0.483 e. The van der Waals surface area contributed by atoms with E-state index in [1.807, 2.05) is 6.92 Å².